The number of benzene rings is 3. The van der Waals surface area contributed by atoms with Gasteiger partial charge < -0.3 is 24.8 Å². The van der Waals surface area contributed by atoms with Crippen molar-refractivity contribution in [1.82, 2.24) is 4.90 Å². The lowest BCUT2D eigenvalue weighted by atomic mass is 9.77. The molecule has 3 aromatic rings. The van der Waals surface area contributed by atoms with Crippen LogP contribution in [-0.2, 0) is 24.7 Å². The molecule has 0 radical (unpaired) electrons. The van der Waals surface area contributed by atoms with Gasteiger partial charge in [-0.2, -0.15) is 0 Å². The summed E-state index contributed by atoms with van der Waals surface area (Å²) < 4.78 is 12.0. The van der Waals surface area contributed by atoms with Crippen LogP contribution in [0.25, 0.3) is 0 Å². The Hall–Kier alpha value is -5.19. The molecule has 0 aliphatic carbocycles. The molecule has 11 nitrogen and oxygen atoms in total. The van der Waals surface area contributed by atoms with E-state index in [0.717, 1.165) is 19.9 Å². The van der Waals surface area contributed by atoms with Gasteiger partial charge in [-0.1, -0.05) is 18.2 Å². The van der Waals surface area contributed by atoms with E-state index in [1.54, 1.807) is 24.3 Å². The molecular weight excluding hydrogens is 510 g/mol. The fraction of sp³-hybridized carbons (Fsp3) is 0.179. The van der Waals surface area contributed by atoms with Crippen molar-refractivity contribution in [2.24, 2.45) is 0 Å². The fourth-order valence-electron chi connectivity index (χ4n) is 5.13. The van der Waals surface area contributed by atoms with Crippen LogP contribution in [0.4, 0.5) is 0 Å². The molecule has 5 rings (SSSR count). The number of nitrogens with zero attached hydrogens (tertiary/aromatic N) is 1. The van der Waals surface area contributed by atoms with Gasteiger partial charge in [0.05, 0.1) is 12.0 Å². The maximum absolute atomic E-state index is 13.9. The zero-order chi connectivity index (χ0) is 28.2. The number of phenols is 2. The van der Waals surface area contributed by atoms with E-state index in [-0.39, 0.29) is 28.4 Å². The van der Waals surface area contributed by atoms with E-state index in [1.165, 1.54) is 24.3 Å². The molecule has 0 bridgehead atoms. The van der Waals surface area contributed by atoms with E-state index in [2.05, 4.69) is 0 Å². The van der Waals surface area contributed by atoms with Gasteiger partial charge in [0.15, 0.2) is 17.1 Å². The Balaban J connectivity index is 1.79. The predicted octanol–water partition coefficient (Wildman–Crippen LogP) is 3.09. The van der Waals surface area contributed by atoms with Crippen LogP contribution in [0.3, 0.4) is 0 Å². The summed E-state index contributed by atoms with van der Waals surface area (Å²) in [5.41, 5.74) is -1.12. The molecule has 2 unspecified atom stereocenters. The Bertz CT molecular complexity index is 1610. The molecule has 0 fully saturated rings. The van der Waals surface area contributed by atoms with Gasteiger partial charge in [-0.25, -0.2) is 4.79 Å². The third kappa shape index (κ3) is 3.78. The maximum atomic E-state index is 13.9. The summed E-state index contributed by atoms with van der Waals surface area (Å²) in [5, 5.41) is 30.3. The highest BCUT2D eigenvalue weighted by molar-refractivity contribution is 6.11. The van der Waals surface area contributed by atoms with Crippen LogP contribution < -0.4 is 4.74 Å². The second-order valence-corrected chi connectivity index (χ2v) is 9.15. The Morgan fingerprint density at radius 2 is 1.64 bits per heavy atom. The summed E-state index contributed by atoms with van der Waals surface area (Å²) in [5.74, 6) is -6.16. The van der Waals surface area contributed by atoms with E-state index >= 15 is 0 Å². The number of hydrogen-bond acceptors (Lipinski definition) is 9. The number of fused-ring (bicyclic) bond motifs is 6. The molecule has 3 aromatic carbocycles. The maximum Gasteiger partial charge on any atom is 0.340 e. The molecular formula is C28H21NO10. The normalized spacial score (nSPS) is 17.2. The lowest BCUT2D eigenvalue weighted by Gasteiger charge is -2.37. The monoisotopic (exact) mass is 531 g/mol. The van der Waals surface area contributed by atoms with Gasteiger partial charge in [0, 0.05) is 29.7 Å². The summed E-state index contributed by atoms with van der Waals surface area (Å²) >= 11 is 0. The number of esters is 1. The highest BCUT2D eigenvalue weighted by atomic mass is 16.6. The van der Waals surface area contributed by atoms with Gasteiger partial charge in [-0.15, -0.1) is 0 Å². The number of hydrogen-bond donors (Lipinski definition) is 3. The highest BCUT2D eigenvalue weighted by Crippen LogP contribution is 2.58. The third-order valence-corrected chi connectivity index (χ3v) is 6.76. The second kappa shape index (κ2) is 8.98. The smallest absolute Gasteiger partial charge is 0.340 e. The van der Waals surface area contributed by atoms with Crippen molar-refractivity contribution >= 4 is 29.5 Å². The Morgan fingerprint density at radius 1 is 0.949 bits per heavy atom. The van der Waals surface area contributed by atoms with Gasteiger partial charge in [-0.05, 0) is 37.3 Å². The predicted molar refractivity (Wildman–Crippen MR) is 132 cm³/mol. The molecule has 0 saturated carbocycles. The van der Waals surface area contributed by atoms with E-state index in [0.29, 0.717) is 16.0 Å². The zero-order valence-corrected chi connectivity index (χ0v) is 20.6. The summed E-state index contributed by atoms with van der Waals surface area (Å²) in [7, 11) is 0. The third-order valence-electron chi connectivity index (χ3n) is 6.76. The summed E-state index contributed by atoms with van der Waals surface area (Å²) in [6.07, 6.45) is -0.858. The van der Waals surface area contributed by atoms with Crippen molar-refractivity contribution in [3.8, 4) is 23.0 Å². The topological polar surface area (TPSA) is 168 Å². The van der Waals surface area contributed by atoms with Crippen LogP contribution in [0.2, 0.25) is 0 Å². The number of ketones is 1. The number of amides is 2. The van der Waals surface area contributed by atoms with Crippen molar-refractivity contribution in [2.75, 3.05) is 0 Å². The number of Topliss-reactive ketones (excluding diaryl/α,β-unsaturated/α-hetero) is 1. The number of phenolic OH excluding ortho intramolecular Hbond substituents is 2. The summed E-state index contributed by atoms with van der Waals surface area (Å²) in [6, 6.07) is 11.5. The summed E-state index contributed by atoms with van der Waals surface area (Å²) in [6.45, 7) is 2.02. The van der Waals surface area contributed by atoms with Crippen LogP contribution in [0.1, 0.15) is 57.7 Å². The minimum Gasteiger partial charge on any atom is -0.508 e. The first-order valence-corrected chi connectivity index (χ1v) is 11.7. The van der Waals surface area contributed by atoms with Crippen LogP contribution in [0.5, 0.6) is 23.0 Å². The Morgan fingerprint density at radius 3 is 2.31 bits per heavy atom. The average Bonchev–Trinajstić information content (AvgIpc) is 3.15. The van der Waals surface area contributed by atoms with Gasteiger partial charge in [0.25, 0.3) is 5.91 Å². The Labute approximate surface area is 220 Å². The average molecular weight is 531 g/mol. The Kier molecular flexibility index (Phi) is 5.86. The number of carbonyl (C=O) groups is 5. The number of rotatable bonds is 5. The molecule has 39 heavy (non-hydrogen) atoms. The minimum absolute atomic E-state index is 0.00492. The van der Waals surface area contributed by atoms with Gasteiger partial charge in [0.2, 0.25) is 5.91 Å². The number of carboxylic acid groups (broad SMARTS) is 1. The molecule has 2 aliphatic rings. The quantitative estimate of drug-likeness (QED) is 0.416. The first kappa shape index (κ1) is 25.5. The summed E-state index contributed by atoms with van der Waals surface area (Å²) in [4.78, 5) is 63.7. The number of carbonyl (C=O) groups excluding carboxylic acids is 4. The van der Waals surface area contributed by atoms with Crippen molar-refractivity contribution in [2.45, 2.75) is 31.9 Å². The molecule has 0 aromatic heterocycles. The second-order valence-electron chi connectivity index (χ2n) is 9.15. The van der Waals surface area contributed by atoms with Crippen LogP contribution in [-0.4, -0.2) is 55.8 Å². The molecule has 1 spiro atoms. The fourth-order valence-corrected chi connectivity index (χ4v) is 5.13. The number of aliphatic carboxylic acids is 1. The molecule has 198 valence electrons. The van der Waals surface area contributed by atoms with E-state index < -0.39 is 58.9 Å². The number of ether oxygens (including phenoxy) is 2. The van der Waals surface area contributed by atoms with Crippen molar-refractivity contribution in [3.63, 3.8) is 0 Å². The van der Waals surface area contributed by atoms with Crippen molar-refractivity contribution in [3.05, 3.63) is 82.4 Å². The zero-order valence-electron chi connectivity index (χ0n) is 20.6. The van der Waals surface area contributed by atoms with Crippen molar-refractivity contribution < 1.29 is 48.8 Å². The van der Waals surface area contributed by atoms with Gasteiger partial charge in [0.1, 0.15) is 28.9 Å². The molecule has 2 atom stereocenters. The molecule has 2 aliphatic heterocycles. The van der Waals surface area contributed by atoms with Crippen LogP contribution >= 0.6 is 0 Å². The molecule has 2 amide bonds. The van der Waals surface area contributed by atoms with Gasteiger partial charge in [-0.3, -0.25) is 24.1 Å². The molecule has 11 heteroatoms. The molecule has 2 heterocycles. The number of carboxylic acids is 1. The lowest BCUT2D eigenvalue weighted by Crippen LogP contribution is -2.48. The van der Waals surface area contributed by atoms with Crippen molar-refractivity contribution in [1.29, 1.82) is 0 Å². The SMILES string of the molecule is CC(=O)C(CC(=O)O)N(C(C)=O)C(=O)c1c(O)ccc2c1Oc1cc(O)ccc1C21OC(=O)c2ccccc21. The standard InChI is InChI=1S/C28H21NO10/c1-13(30)20(12-23(34)35)29(14(2)31)26(36)24-21(33)10-9-19-25(24)38-22-11-15(32)7-8-18(22)28(19)17-6-4-3-5-16(17)27(37)39-28/h3-11,20,32-33H,12H2,1-2H3,(H,34,35). The largest absolute Gasteiger partial charge is 0.508 e. The van der Waals surface area contributed by atoms with Crippen LogP contribution in [0.15, 0.2) is 54.6 Å². The van der Waals surface area contributed by atoms with Crippen LogP contribution in [0, 0.1) is 0 Å². The number of aromatic hydroxyl groups is 2. The first-order chi connectivity index (χ1) is 18.5. The first-order valence-electron chi connectivity index (χ1n) is 11.7. The molecule has 0 saturated heterocycles. The van der Waals surface area contributed by atoms with Gasteiger partial charge >= 0.3 is 11.9 Å². The van der Waals surface area contributed by atoms with E-state index in [9.17, 15) is 39.3 Å². The van der Waals surface area contributed by atoms with E-state index in [4.69, 9.17) is 9.47 Å². The minimum atomic E-state index is -1.67. The highest BCUT2D eigenvalue weighted by Gasteiger charge is 2.54. The lowest BCUT2D eigenvalue weighted by molar-refractivity contribution is -0.142. The number of imide groups is 1. The van der Waals surface area contributed by atoms with E-state index in [1.807, 2.05) is 0 Å². The molecule has 3 N–H and O–H groups in total.